The SMILES string of the molecule is CCOC(=O)C(CCc1ccccc1)OC(C)C(=O)N1CCCC1C(=O)O. The minimum Gasteiger partial charge on any atom is -0.480 e. The molecule has 1 aliphatic heterocycles. The second-order valence-corrected chi connectivity index (χ2v) is 6.57. The molecular weight excluding hydrogens is 350 g/mol. The van der Waals surface area contributed by atoms with Crippen LogP contribution in [0.15, 0.2) is 30.3 Å². The van der Waals surface area contributed by atoms with Crippen molar-refractivity contribution in [3.8, 4) is 0 Å². The number of ether oxygens (including phenoxy) is 2. The number of carboxylic acid groups (broad SMARTS) is 1. The minimum atomic E-state index is -1.01. The van der Waals surface area contributed by atoms with Gasteiger partial charge in [-0.25, -0.2) is 9.59 Å². The standard InChI is InChI=1S/C20H27NO6/c1-3-26-20(25)17(12-11-15-8-5-4-6-9-15)27-14(2)18(22)21-13-7-10-16(21)19(23)24/h4-6,8-9,14,16-17H,3,7,10-13H2,1-2H3,(H,23,24). The number of carbonyl (C=O) groups is 3. The molecule has 0 aromatic heterocycles. The molecule has 1 fully saturated rings. The molecule has 0 radical (unpaired) electrons. The average molecular weight is 377 g/mol. The largest absolute Gasteiger partial charge is 0.480 e. The predicted octanol–water partition coefficient (Wildman–Crippen LogP) is 2.03. The molecule has 148 valence electrons. The zero-order valence-electron chi connectivity index (χ0n) is 15.8. The molecule has 2 rings (SSSR count). The number of carboxylic acids is 1. The van der Waals surface area contributed by atoms with Crippen molar-refractivity contribution in [3.63, 3.8) is 0 Å². The molecular formula is C20H27NO6. The van der Waals surface area contributed by atoms with Crippen LogP contribution >= 0.6 is 0 Å². The number of nitrogens with zero attached hydrogens (tertiary/aromatic N) is 1. The second kappa shape index (κ2) is 10.1. The topological polar surface area (TPSA) is 93.1 Å². The molecule has 3 unspecified atom stereocenters. The molecule has 7 heteroatoms. The second-order valence-electron chi connectivity index (χ2n) is 6.57. The van der Waals surface area contributed by atoms with E-state index in [4.69, 9.17) is 9.47 Å². The summed E-state index contributed by atoms with van der Waals surface area (Å²) in [6.45, 7) is 3.87. The van der Waals surface area contributed by atoms with E-state index in [0.717, 1.165) is 5.56 Å². The fourth-order valence-electron chi connectivity index (χ4n) is 3.24. The highest BCUT2D eigenvalue weighted by atomic mass is 16.6. The summed E-state index contributed by atoms with van der Waals surface area (Å²) in [4.78, 5) is 37.5. The van der Waals surface area contributed by atoms with Crippen LogP contribution < -0.4 is 0 Å². The van der Waals surface area contributed by atoms with Crippen molar-refractivity contribution in [2.45, 2.75) is 57.8 Å². The first-order chi connectivity index (χ1) is 12.9. The first kappa shape index (κ1) is 20.9. The fourth-order valence-corrected chi connectivity index (χ4v) is 3.24. The van der Waals surface area contributed by atoms with Crippen LogP contribution in [0.5, 0.6) is 0 Å². The number of rotatable bonds is 9. The first-order valence-electron chi connectivity index (χ1n) is 9.33. The number of amides is 1. The van der Waals surface area contributed by atoms with Gasteiger partial charge in [-0.1, -0.05) is 30.3 Å². The van der Waals surface area contributed by atoms with Gasteiger partial charge in [0.05, 0.1) is 6.61 Å². The normalized spacial score (nSPS) is 18.7. The molecule has 1 N–H and O–H groups in total. The Balaban J connectivity index is 2.01. The van der Waals surface area contributed by atoms with Crippen molar-refractivity contribution < 1.29 is 29.0 Å². The predicted molar refractivity (Wildman–Crippen MR) is 98.1 cm³/mol. The first-order valence-corrected chi connectivity index (χ1v) is 9.33. The summed E-state index contributed by atoms with van der Waals surface area (Å²) < 4.78 is 10.8. The fraction of sp³-hybridized carbons (Fsp3) is 0.550. The highest BCUT2D eigenvalue weighted by Crippen LogP contribution is 2.20. The Morgan fingerprint density at radius 1 is 1.26 bits per heavy atom. The number of aliphatic carboxylic acids is 1. The number of aryl methyl sites for hydroxylation is 1. The summed E-state index contributed by atoms with van der Waals surface area (Å²) in [6.07, 6.45) is 0.258. The lowest BCUT2D eigenvalue weighted by molar-refractivity contribution is -0.167. The molecule has 0 spiro atoms. The van der Waals surface area contributed by atoms with Gasteiger partial charge in [-0.2, -0.15) is 0 Å². The van der Waals surface area contributed by atoms with E-state index in [1.165, 1.54) is 4.90 Å². The van der Waals surface area contributed by atoms with E-state index in [2.05, 4.69) is 0 Å². The van der Waals surface area contributed by atoms with Crippen LogP contribution in [0.2, 0.25) is 0 Å². The molecule has 1 heterocycles. The maximum absolute atomic E-state index is 12.6. The lowest BCUT2D eigenvalue weighted by atomic mass is 10.1. The van der Waals surface area contributed by atoms with Crippen LogP contribution in [0.4, 0.5) is 0 Å². The molecule has 1 aromatic carbocycles. The van der Waals surface area contributed by atoms with Crippen molar-refractivity contribution in [1.82, 2.24) is 4.90 Å². The molecule has 1 saturated heterocycles. The van der Waals surface area contributed by atoms with Gasteiger partial charge in [0.25, 0.3) is 5.91 Å². The van der Waals surface area contributed by atoms with E-state index in [-0.39, 0.29) is 6.61 Å². The van der Waals surface area contributed by atoms with Gasteiger partial charge in [0.1, 0.15) is 12.1 Å². The van der Waals surface area contributed by atoms with Crippen LogP contribution in [0, 0.1) is 0 Å². The monoisotopic (exact) mass is 377 g/mol. The highest BCUT2D eigenvalue weighted by Gasteiger charge is 2.37. The van der Waals surface area contributed by atoms with E-state index < -0.39 is 36.1 Å². The molecule has 1 aromatic rings. The smallest absolute Gasteiger partial charge is 0.335 e. The molecule has 0 saturated carbocycles. The summed E-state index contributed by atoms with van der Waals surface area (Å²) in [5, 5.41) is 9.26. The number of benzene rings is 1. The molecule has 3 atom stereocenters. The summed E-state index contributed by atoms with van der Waals surface area (Å²) in [5.41, 5.74) is 1.06. The van der Waals surface area contributed by atoms with E-state index >= 15 is 0 Å². The average Bonchev–Trinajstić information content (AvgIpc) is 3.15. The van der Waals surface area contributed by atoms with E-state index in [0.29, 0.717) is 32.2 Å². The van der Waals surface area contributed by atoms with Gasteiger partial charge >= 0.3 is 11.9 Å². The van der Waals surface area contributed by atoms with E-state index in [9.17, 15) is 19.5 Å². The Hall–Kier alpha value is -2.41. The molecule has 1 aliphatic rings. The van der Waals surface area contributed by atoms with Crippen LogP contribution in [0.25, 0.3) is 0 Å². The molecule has 0 aliphatic carbocycles. The zero-order chi connectivity index (χ0) is 19.8. The van der Waals surface area contributed by atoms with E-state index in [1.807, 2.05) is 30.3 Å². The van der Waals surface area contributed by atoms with Gasteiger partial charge in [-0.3, -0.25) is 4.79 Å². The van der Waals surface area contributed by atoms with Gasteiger partial charge in [0, 0.05) is 6.54 Å². The Bertz CT molecular complexity index is 647. The maximum Gasteiger partial charge on any atom is 0.335 e. The Morgan fingerprint density at radius 2 is 1.96 bits per heavy atom. The van der Waals surface area contributed by atoms with Crippen LogP contribution in [0.1, 0.15) is 38.7 Å². The van der Waals surface area contributed by atoms with Crippen molar-refractivity contribution in [2.75, 3.05) is 13.2 Å². The summed E-state index contributed by atoms with van der Waals surface area (Å²) in [7, 11) is 0. The van der Waals surface area contributed by atoms with Gasteiger partial charge in [-0.15, -0.1) is 0 Å². The van der Waals surface area contributed by atoms with Crippen molar-refractivity contribution in [1.29, 1.82) is 0 Å². The molecule has 0 bridgehead atoms. The van der Waals surface area contributed by atoms with Gasteiger partial charge in [0.15, 0.2) is 6.10 Å². The van der Waals surface area contributed by atoms with Crippen LogP contribution in [-0.4, -0.2) is 59.3 Å². The van der Waals surface area contributed by atoms with Crippen molar-refractivity contribution >= 4 is 17.8 Å². The molecule has 27 heavy (non-hydrogen) atoms. The maximum atomic E-state index is 12.6. The lowest BCUT2D eigenvalue weighted by Gasteiger charge is -2.27. The molecule has 7 nitrogen and oxygen atoms in total. The Morgan fingerprint density at radius 3 is 2.59 bits per heavy atom. The lowest BCUT2D eigenvalue weighted by Crippen LogP contribution is -2.47. The third-order valence-corrected chi connectivity index (χ3v) is 4.62. The third kappa shape index (κ3) is 5.79. The number of hydrogen-bond acceptors (Lipinski definition) is 5. The van der Waals surface area contributed by atoms with E-state index in [1.54, 1.807) is 13.8 Å². The number of esters is 1. The van der Waals surface area contributed by atoms with Gasteiger partial charge in [0.2, 0.25) is 0 Å². The Kier molecular flexibility index (Phi) is 7.79. The number of hydrogen-bond donors (Lipinski definition) is 1. The van der Waals surface area contributed by atoms with Crippen LogP contribution in [0.3, 0.4) is 0 Å². The summed E-state index contributed by atoms with van der Waals surface area (Å²) in [5.74, 6) is -1.93. The minimum absolute atomic E-state index is 0.222. The summed E-state index contributed by atoms with van der Waals surface area (Å²) in [6, 6.07) is 8.84. The van der Waals surface area contributed by atoms with Crippen molar-refractivity contribution in [3.05, 3.63) is 35.9 Å². The van der Waals surface area contributed by atoms with Crippen molar-refractivity contribution in [2.24, 2.45) is 0 Å². The Labute approximate surface area is 159 Å². The quantitative estimate of drug-likeness (QED) is 0.662. The number of carbonyl (C=O) groups excluding carboxylic acids is 2. The van der Waals surface area contributed by atoms with Crippen LogP contribution in [-0.2, 0) is 30.3 Å². The molecule has 1 amide bonds. The zero-order valence-corrected chi connectivity index (χ0v) is 15.8. The van der Waals surface area contributed by atoms with Gasteiger partial charge < -0.3 is 19.5 Å². The van der Waals surface area contributed by atoms with Gasteiger partial charge in [-0.05, 0) is 45.1 Å². The number of likely N-dealkylation sites (tertiary alicyclic amines) is 1. The summed E-state index contributed by atoms with van der Waals surface area (Å²) >= 11 is 0. The highest BCUT2D eigenvalue weighted by molar-refractivity contribution is 5.87. The third-order valence-electron chi connectivity index (χ3n) is 4.62.